The van der Waals surface area contributed by atoms with E-state index in [1.807, 2.05) is 19.1 Å². The minimum atomic E-state index is -0.562. The monoisotopic (exact) mass is 395 g/mol. The predicted octanol–water partition coefficient (Wildman–Crippen LogP) is 2.93. The zero-order valence-electron chi connectivity index (χ0n) is 16.4. The van der Waals surface area contributed by atoms with Crippen LogP contribution in [0.25, 0.3) is 11.0 Å². The molecule has 0 saturated carbocycles. The number of aryl methyl sites for hydroxylation is 1. The van der Waals surface area contributed by atoms with E-state index in [-0.39, 0.29) is 19.1 Å². The summed E-state index contributed by atoms with van der Waals surface area (Å²) < 4.78 is 16.0. The molecule has 0 unspecified atom stereocenters. The lowest BCUT2D eigenvalue weighted by atomic mass is 10.1. The maximum atomic E-state index is 12.0. The third kappa shape index (κ3) is 5.01. The van der Waals surface area contributed by atoms with Crippen LogP contribution < -0.4 is 10.4 Å². The van der Waals surface area contributed by atoms with E-state index < -0.39 is 11.6 Å². The van der Waals surface area contributed by atoms with E-state index in [0.717, 1.165) is 16.5 Å². The molecule has 0 spiro atoms. The third-order valence-electron chi connectivity index (χ3n) is 4.34. The molecule has 150 valence electrons. The van der Waals surface area contributed by atoms with Crippen LogP contribution in [-0.4, -0.2) is 37.5 Å². The number of hydrogen-bond donors (Lipinski definition) is 0. The molecule has 3 aromatic rings. The average molecular weight is 395 g/mol. The van der Waals surface area contributed by atoms with Crippen LogP contribution in [0.4, 0.5) is 0 Å². The Hall–Kier alpha value is -3.61. The number of amides is 1. The fourth-order valence-corrected chi connectivity index (χ4v) is 2.64. The summed E-state index contributed by atoms with van der Waals surface area (Å²) in [5, 5.41) is 0.854. The van der Waals surface area contributed by atoms with Crippen LogP contribution in [0.2, 0.25) is 0 Å². The zero-order valence-corrected chi connectivity index (χ0v) is 16.4. The molecule has 0 radical (unpaired) electrons. The number of carbonyl (C=O) groups is 2. The Balaban J connectivity index is 1.61. The van der Waals surface area contributed by atoms with Gasteiger partial charge in [-0.15, -0.1) is 0 Å². The second-order valence-corrected chi connectivity index (χ2v) is 6.76. The number of benzene rings is 2. The molecule has 1 amide bonds. The summed E-state index contributed by atoms with van der Waals surface area (Å²) in [7, 11) is 3.19. The topological polar surface area (TPSA) is 86.0 Å². The van der Waals surface area contributed by atoms with Gasteiger partial charge in [0.2, 0.25) is 0 Å². The first kappa shape index (κ1) is 20.1. The second kappa shape index (κ2) is 8.60. The Morgan fingerprint density at radius 2 is 1.76 bits per heavy atom. The van der Waals surface area contributed by atoms with Crippen molar-refractivity contribution in [1.82, 2.24) is 4.90 Å². The van der Waals surface area contributed by atoms with E-state index in [4.69, 9.17) is 13.9 Å². The SMILES string of the molecule is Cc1cc(=O)oc2cc(OCc3ccc(C(=O)OCC(=O)N(C)C)cc3)ccc12. The largest absolute Gasteiger partial charge is 0.489 e. The van der Waals surface area contributed by atoms with Gasteiger partial charge in [-0.1, -0.05) is 12.1 Å². The smallest absolute Gasteiger partial charge is 0.338 e. The molecule has 1 heterocycles. The number of rotatable bonds is 6. The highest BCUT2D eigenvalue weighted by atomic mass is 16.5. The Morgan fingerprint density at radius 1 is 1.03 bits per heavy atom. The molecule has 0 N–H and O–H groups in total. The van der Waals surface area contributed by atoms with Crippen LogP contribution in [0.3, 0.4) is 0 Å². The van der Waals surface area contributed by atoms with Gasteiger partial charge in [0.25, 0.3) is 5.91 Å². The standard InChI is InChI=1S/C22H21NO6/c1-14-10-21(25)29-19-11-17(8-9-18(14)19)27-12-15-4-6-16(7-5-15)22(26)28-13-20(24)23(2)3/h4-11H,12-13H2,1-3H3. The van der Waals surface area contributed by atoms with Gasteiger partial charge in [0.15, 0.2) is 6.61 Å². The van der Waals surface area contributed by atoms with E-state index in [9.17, 15) is 14.4 Å². The third-order valence-corrected chi connectivity index (χ3v) is 4.34. The van der Waals surface area contributed by atoms with Crippen molar-refractivity contribution in [2.75, 3.05) is 20.7 Å². The average Bonchev–Trinajstić information content (AvgIpc) is 2.70. The molecule has 0 atom stereocenters. The van der Waals surface area contributed by atoms with Crippen molar-refractivity contribution in [3.63, 3.8) is 0 Å². The van der Waals surface area contributed by atoms with Gasteiger partial charge < -0.3 is 18.8 Å². The molecule has 2 aromatic carbocycles. The number of carbonyl (C=O) groups excluding carboxylic acids is 2. The fraction of sp³-hybridized carbons (Fsp3) is 0.227. The van der Waals surface area contributed by atoms with Crippen LogP contribution in [0.15, 0.2) is 57.7 Å². The Bertz CT molecular complexity index is 1100. The molecule has 7 nitrogen and oxygen atoms in total. The summed E-state index contributed by atoms with van der Waals surface area (Å²) in [5.74, 6) is -0.283. The Labute approximate surface area is 167 Å². The lowest BCUT2D eigenvalue weighted by Gasteiger charge is -2.11. The summed E-state index contributed by atoms with van der Waals surface area (Å²) >= 11 is 0. The first-order valence-corrected chi connectivity index (χ1v) is 8.97. The highest BCUT2D eigenvalue weighted by Crippen LogP contribution is 2.23. The van der Waals surface area contributed by atoms with Crippen molar-refractivity contribution in [3.05, 3.63) is 75.6 Å². The molecule has 0 aliphatic carbocycles. The van der Waals surface area contributed by atoms with Gasteiger partial charge in [0, 0.05) is 31.6 Å². The first-order chi connectivity index (χ1) is 13.8. The summed E-state index contributed by atoms with van der Waals surface area (Å²) in [6.45, 7) is 1.83. The minimum absolute atomic E-state index is 0.274. The van der Waals surface area contributed by atoms with Gasteiger partial charge in [0.1, 0.15) is 17.9 Å². The van der Waals surface area contributed by atoms with Crippen molar-refractivity contribution < 1.29 is 23.5 Å². The van der Waals surface area contributed by atoms with Crippen LogP contribution in [0.5, 0.6) is 5.75 Å². The summed E-state index contributed by atoms with van der Waals surface area (Å²) in [5.41, 5.74) is 2.11. The van der Waals surface area contributed by atoms with Crippen LogP contribution >= 0.6 is 0 Å². The molecule has 0 saturated heterocycles. The van der Waals surface area contributed by atoms with Gasteiger partial charge in [-0.25, -0.2) is 9.59 Å². The van der Waals surface area contributed by atoms with Crippen molar-refractivity contribution >= 4 is 22.8 Å². The van der Waals surface area contributed by atoms with Crippen LogP contribution in [0, 0.1) is 6.92 Å². The normalized spacial score (nSPS) is 10.6. The molecule has 7 heteroatoms. The molecule has 1 aromatic heterocycles. The molecule has 0 aliphatic rings. The lowest BCUT2D eigenvalue weighted by Crippen LogP contribution is -2.27. The number of esters is 1. The van der Waals surface area contributed by atoms with Crippen LogP contribution in [0.1, 0.15) is 21.5 Å². The number of ether oxygens (including phenoxy) is 2. The van der Waals surface area contributed by atoms with E-state index in [1.165, 1.54) is 11.0 Å². The first-order valence-electron chi connectivity index (χ1n) is 8.97. The molecule has 3 rings (SSSR count). The zero-order chi connectivity index (χ0) is 21.0. The molecule has 0 bridgehead atoms. The second-order valence-electron chi connectivity index (χ2n) is 6.76. The number of nitrogens with zero attached hydrogens (tertiary/aromatic N) is 1. The molecular weight excluding hydrogens is 374 g/mol. The molecule has 0 aliphatic heterocycles. The summed E-state index contributed by atoms with van der Waals surface area (Å²) in [6.07, 6.45) is 0. The van der Waals surface area contributed by atoms with Gasteiger partial charge in [-0.3, -0.25) is 4.79 Å². The van der Waals surface area contributed by atoms with Gasteiger partial charge >= 0.3 is 11.6 Å². The highest BCUT2D eigenvalue weighted by molar-refractivity contribution is 5.91. The van der Waals surface area contributed by atoms with Crippen molar-refractivity contribution in [2.24, 2.45) is 0 Å². The Kier molecular flexibility index (Phi) is 5.97. The molecule has 0 fully saturated rings. The minimum Gasteiger partial charge on any atom is -0.489 e. The van der Waals surface area contributed by atoms with Crippen LogP contribution in [-0.2, 0) is 16.1 Å². The van der Waals surface area contributed by atoms with E-state index in [0.29, 0.717) is 16.9 Å². The predicted molar refractivity (Wildman–Crippen MR) is 107 cm³/mol. The highest BCUT2D eigenvalue weighted by Gasteiger charge is 2.11. The maximum absolute atomic E-state index is 12.0. The number of hydrogen-bond acceptors (Lipinski definition) is 6. The van der Waals surface area contributed by atoms with E-state index in [1.54, 1.807) is 44.4 Å². The van der Waals surface area contributed by atoms with Crippen molar-refractivity contribution in [1.29, 1.82) is 0 Å². The lowest BCUT2D eigenvalue weighted by molar-refractivity contribution is -0.131. The fourth-order valence-electron chi connectivity index (χ4n) is 2.64. The molecule has 29 heavy (non-hydrogen) atoms. The quantitative estimate of drug-likeness (QED) is 0.471. The van der Waals surface area contributed by atoms with Crippen molar-refractivity contribution in [2.45, 2.75) is 13.5 Å². The number of fused-ring (bicyclic) bond motifs is 1. The van der Waals surface area contributed by atoms with Crippen molar-refractivity contribution in [3.8, 4) is 5.75 Å². The van der Waals surface area contributed by atoms with Gasteiger partial charge in [-0.2, -0.15) is 0 Å². The Morgan fingerprint density at radius 3 is 2.45 bits per heavy atom. The summed E-state index contributed by atoms with van der Waals surface area (Å²) in [4.78, 5) is 36.3. The maximum Gasteiger partial charge on any atom is 0.338 e. The van der Waals surface area contributed by atoms with Gasteiger partial charge in [0.05, 0.1) is 5.56 Å². The van der Waals surface area contributed by atoms with Gasteiger partial charge in [-0.05, 0) is 42.3 Å². The summed E-state index contributed by atoms with van der Waals surface area (Å²) in [6, 6.07) is 13.5. The number of likely N-dealkylation sites (N-methyl/N-ethyl adjacent to an activating group) is 1. The van der Waals surface area contributed by atoms with E-state index in [2.05, 4.69) is 0 Å². The molecular formula is C22H21NO6. The van der Waals surface area contributed by atoms with E-state index >= 15 is 0 Å².